The van der Waals surface area contributed by atoms with Crippen LogP contribution < -0.4 is 10.2 Å². The van der Waals surface area contributed by atoms with Crippen molar-refractivity contribution in [1.82, 2.24) is 5.32 Å². The van der Waals surface area contributed by atoms with Gasteiger partial charge in [0.15, 0.2) is 5.78 Å². The van der Waals surface area contributed by atoms with Crippen LogP contribution in [0.5, 0.6) is 0 Å². The van der Waals surface area contributed by atoms with Crippen LogP contribution in [0.4, 0.5) is 5.69 Å². The van der Waals surface area contributed by atoms with Gasteiger partial charge in [-0.3, -0.25) is 4.79 Å². The summed E-state index contributed by atoms with van der Waals surface area (Å²) in [5, 5.41) is 3.23. The first-order valence-electron chi connectivity index (χ1n) is 5.69. The SMILES string of the molecule is CN(C)c1ccc(CC2NCCC2=O)cc1. The molecule has 1 aromatic rings. The molecule has 1 aromatic carbocycles. The first-order chi connectivity index (χ1) is 7.66. The number of nitrogens with zero attached hydrogens (tertiary/aromatic N) is 1. The summed E-state index contributed by atoms with van der Waals surface area (Å²) >= 11 is 0. The number of nitrogens with one attached hydrogen (secondary N) is 1. The quantitative estimate of drug-likeness (QED) is 0.828. The summed E-state index contributed by atoms with van der Waals surface area (Å²) in [7, 11) is 4.05. The van der Waals surface area contributed by atoms with Crippen LogP contribution in [-0.4, -0.2) is 32.5 Å². The predicted molar refractivity (Wildman–Crippen MR) is 65.9 cm³/mol. The number of hydrogen-bond donors (Lipinski definition) is 1. The lowest BCUT2D eigenvalue weighted by Crippen LogP contribution is -2.29. The van der Waals surface area contributed by atoms with E-state index in [2.05, 4.69) is 34.5 Å². The van der Waals surface area contributed by atoms with Crippen molar-refractivity contribution in [3.8, 4) is 0 Å². The highest BCUT2D eigenvalue weighted by Gasteiger charge is 2.23. The van der Waals surface area contributed by atoms with E-state index in [1.54, 1.807) is 0 Å². The van der Waals surface area contributed by atoms with Gasteiger partial charge in [-0.25, -0.2) is 0 Å². The minimum Gasteiger partial charge on any atom is -0.378 e. The highest BCUT2D eigenvalue weighted by Crippen LogP contribution is 2.15. The van der Waals surface area contributed by atoms with Gasteiger partial charge in [-0.15, -0.1) is 0 Å². The Bertz CT molecular complexity index is 370. The summed E-state index contributed by atoms with van der Waals surface area (Å²) in [4.78, 5) is 13.6. The third kappa shape index (κ3) is 2.42. The van der Waals surface area contributed by atoms with Gasteiger partial charge in [-0.1, -0.05) is 12.1 Å². The van der Waals surface area contributed by atoms with Crippen molar-refractivity contribution >= 4 is 11.5 Å². The van der Waals surface area contributed by atoms with Gasteiger partial charge in [0.2, 0.25) is 0 Å². The Labute approximate surface area is 96.5 Å². The van der Waals surface area contributed by atoms with Crippen LogP contribution in [0.2, 0.25) is 0 Å². The van der Waals surface area contributed by atoms with E-state index in [0.29, 0.717) is 12.2 Å². The van der Waals surface area contributed by atoms with Gasteiger partial charge < -0.3 is 10.2 Å². The van der Waals surface area contributed by atoms with Crippen molar-refractivity contribution in [3.05, 3.63) is 29.8 Å². The van der Waals surface area contributed by atoms with Crippen molar-refractivity contribution in [3.63, 3.8) is 0 Å². The Morgan fingerprint density at radius 2 is 2.00 bits per heavy atom. The molecule has 1 unspecified atom stereocenters. The standard InChI is InChI=1S/C13H18N2O/c1-15(2)11-5-3-10(4-6-11)9-12-13(16)7-8-14-12/h3-6,12,14H,7-9H2,1-2H3. The van der Waals surface area contributed by atoms with Gasteiger partial charge in [0.25, 0.3) is 0 Å². The lowest BCUT2D eigenvalue weighted by Gasteiger charge is -2.14. The summed E-state index contributed by atoms with van der Waals surface area (Å²) in [5.41, 5.74) is 2.41. The zero-order valence-corrected chi connectivity index (χ0v) is 9.86. The molecule has 0 saturated carbocycles. The summed E-state index contributed by atoms with van der Waals surface area (Å²) < 4.78 is 0. The number of benzene rings is 1. The molecule has 1 N–H and O–H groups in total. The second kappa shape index (κ2) is 4.66. The number of carbonyl (C=O) groups is 1. The molecule has 1 atom stereocenters. The molecule has 3 heteroatoms. The molecule has 1 heterocycles. The van der Waals surface area contributed by atoms with E-state index in [0.717, 1.165) is 13.0 Å². The third-order valence-corrected chi connectivity index (χ3v) is 3.04. The van der Waals surface area contributed by atoms with Gasteiger partial charge in [0.1, 0.15) is 0 Å². The molecule has 0 bridgehead atoms. The highest BCUT2D eigenvalue weighted by atomic mass is 16.1. The van der Waals surface area contributed by atoms with Gasteiger partial charge in [-0.2, -0.15) is 0 Å². The topological polar surface area (TPSA) is 32.3 Å². The van der Waals surface area contributed by atoms with E-state index in [-0.39, 0.29) is 6.04 Å². The van der Waals surface area contributed by atoms with Crippen LogP contribution in [0.1, 0.15) is 12.0 Å². The molecular formula is C13H18N2O. The number of anilines is 1. The molecular weight excluding hydrogens is 200 g/mol. The van der Waals surface area contributed by atoms with Gasteiger partial charge in [0, 0.05) is 32.7 Å². The van der Waals surface area contributed by atoms with E-state index < -0.39 is 0 Å². The maximum atomic E-state index is 11.5. The lowest BCUT2D eigenvalue weighted by atomic mass is 10.0. The Morgan fingerprint density at radius 3 is 2.50 bits per heavy atom. The first-order valence-corrected chi connectivity index (χ1v) is 5.69. The largest absolute Gasteiger partial charge is 0.378 e. The number of Topliss-reactive ketones (excluding diaryl/α,β-unsaturated/α-hetero) is 1. The van der Waals surface area contributed by atoms with Crippen molar-refractivity contribution in [1.29, 1.82) is 0 Å². The molecule has 0 amide bonds. The normalized spacial score (nSPS) is 20.1. The smallest absolute Gasteiger partial charge is 0.151 e. The molecule has 1 fully saturated rings. The molecule has 1 saturated heterocycles. The van der Waals surface area contributed by atoms with E-state index in [9.17, 15) is 4.79 Å². The molecule has 16 heavy (non-hydrogen) atoms. The van der Waals surface area contributed by atoms with Crippen LogP contribution in [0.25, 0.3) is 0 Å². The van der Waals surface area contributed by atoms with Crippen molar-refractivity contribution < 1.29 is 4.79 Å². The molecule has 86 valence electrons. The van der Waals surface area contributed by atoms with E-state index in [4.69, 9.17) is 0 Å². The highest BCUT2D eigenvalue weighted by molar-refractivity contribution is 5.86. The maximum Gasteiger partial charge on any atom is 0.151 e. The second-order valence-corrected chi connectivity index (χ2v) is 4.49. The molecule has 1 aliphatic rings. The Kier molecular flexibility index (Phi) is 3.25. The summed E-state index contributed by atoms with van der Waals surface area (Å²) in [5.74, 6) is 0.344. The van der Waals surface area contributed by atoms with E-state index >= 15 is 0 Å². The second-order valence-electron chi connectivity index (χ2n) is 4.49. The molecule has 2 rings (SSSR count). The summed E-state index contributed by atoms with van der Waals surface area (Å²) in [6.45, 7) is 0.833. The molecule has 0 spiro atoms. The van der Waals surface area contributed by atoms with E-state index in [1.165, 1.54) is 11.3 Å². The predicted octanol–water partition coefficient (Wildman–Crippen LogP) is 1.23. The molecule has 0 aromatic heterocycles. The van der Waals surface area contributed by atoms with Crippen LogP contribution >= 0.6 is 0 Å². The number of ketones is 1. The van der Waals surface area contributed by atoms with Gasteiger partial charge in [0.05, 0.1) is 6.04 Å². The van der Waals surface area contributed by atoms with Crippen LogP contribution in [-0.2, 0) is 11.2 Å². The molecule has 3 nitrogen and oxygen atoms in total. The molecule has 0 radical (unpaired) electrons. The monoisotopic (exact) mass is 218 g/mol. The van der Waals surface area contributed by atoms with Gasteiger partial charge >= 0.3 is 0 Å². The molecule has 1 aliphatic heterocycles. The average Bonchev–Trinajstić information content (AvgIpc) is 2.65. The minimum atomic E-state index is 0.0326. The summed E-state index contributed by atoms with van der Waals surface area (Å²) in [6, 6.07) is 8.42. The van der Waals surface area contributed by atoms with Crippen molar-refractivity contribution in [2.45, 2.75) is 18.9 Å². The van der Waals surface area contributed by atoms with Crippen LogP contribution in [0.3, 0.4) is 0 Å². The Morgan fingerprint density at radius 1 is 1.31 bits per heavy atom. The first kappa shape index (κ1) is 11.1. The summed E-state index contributed by atoms with van der Waals surface area (Å²) in [6.07, 6.45) is 1.49. The lowest BCUT2D eigenvalue weighted by molar-refractivity contribution is -0.118. The number of rotatable bonds is 3. The Hall–Kier alpha value is -1.35. The zero-order chi connectivity index (χ0) is 11.5. The van der Waals surface area contributed by atoms with Crippen molar-refractivity contribution in [2.24, 2.45) is 0 Å². The fourth-order valence-corrected chi connectivity index (χ4v) is 2.01. The molecule has 0 aliphatic carbocycles. The van der Waals surface area contributed by atoms with Crippen LogP contribution in [0, 0.1) is 0 Å². The van der Waals surface area contributed by atoms with Gasteiger partial charge in [-0.05, 0) is 24.1 Å². The maximum absolute atomic E-state index is 11.5. The fourth-order valence-electron chi connectivity index (χ4n) is 2.01. The van der Waals surface area contributed by atoms with Crippen molar-refractivity contribution in [2.75, 3.05) is 25.5 Å². The van der Waals surface area contributed by atoms with E-state index in [1.807, 2.05) is 14.1 Å². The number of hydrogen-bond acceptors (Lipinski definition) is 3. The third-order valence-electron chi connectivity index (χ3n) is 3.04. The average molecular weight is 218 g/mol. The zero-order valence-electron chi connectivity index (χ0n) is 9.86. The minimum absolute atomic E-state index is 0.0326. The number of carbonyl (C=O) groups excluding carboxylic acids is 1. The van der Waals surface area contributed by atoms with Crippen LogP contribution in [0.15, 0.2) is 24.3 Å². The fraction of sp³-hybridized carbons (Fsp3) is 0.462. The Balaban J connectivity index is 2.02.